The van der Waals surface area contributed by atoms with E-state index in [1.165, 1.54) is 23.1 Å². The minimum atomic E-state index is -0.849. The van der Waals surface area contributed by atoms with Gasteiger partial charge in [0, 0.05) is 25.8 Å². The van der Waals surface area contributed by atoms with Crippen LogP contribution in [0.4, 0.5) is 4.39 Å². The lowest BCUT2D eigenvalue weighted by atomic mass is 9.95. The number of ketones is 1. The van der Waals surface area contributed by atoms with Crippen LogP contribution < -0.4 is 0 Å². The number of rotatable bonds is 6. The number of hydrogen-bond acceptors (Lipinski definition) is 4. The molecular weight excluding hydrogens is 349 g/mol. The van der Waals surface area contributed by atoms with Crippen molar-refractivity contribution in [1.82, 2.24) is 4.90 Å². The summed E-state index contributed by atoms with van der Waals surface area (Å²) in [6.07, 6.45) is 0.515. The monoisotopic (exact) mass is 369 g/mol. The maximum Gasteiger partial charge on any atom is 0.295 e. The molecule has 1 aliphatic rings. The second kappa shape index (κ2) is 8.14. The lowest BCUT2D eigenvalue weighted by molar-refractivity contribution is -0.140. The summed E-state index contributed by atoms with van der Waals surface area (Å²) in [5.41, 5.74) is 0.826. The second-order valence-corrected chi connectivity index (χ2v) is 6.26. The molecule has 0 aromatic heterocycles. The SMILES string of the molecule is COCCCN1C(=O)C(=O)/C(=C(\O)c2ccccc2)C1c1cccc(F)c1. The Morgan fingerprint density at radius 2 is 1.89 bits per heavy atom. The number of nitrogens with zero attached hydrogens (tertiary/aromatic N) is 1. The molecule has 0 saturated carbocycles. The van der Waals surface area contributed by atoms with Crippen LogP contribution in [0.5, 0.6) is 0 Å². The molecule has 1 unspecified atom stereocenters. The number of Topliss-reactive ketones (excluding diaryl/α,β-unsaturated/α-hetero) is 1. The van der Waals surface area contributed by atoms with Crippen LogP contribution >= 0.6 is 0 Å². The predicted molar refractivity (Wildman–Crippen MR) is 98.3 cm³/mol. The maximum absolute atomic E-state index is 13.8. The van der Waals surface area contributed by atoms with Crippen molar-refractivity contribution in [1.29, 1.82) is 0 Å². The summed E-state index contributed by atoms with van der Waals surface area (Å²) in [5.74, 6) is -2.23. The van der Waals surface area contributed by atoms with Crippen molar-refractivity contribution < 1.29 is 23.8 Å². The second-order valence-electron chi connectivity index (χ2n) is 6.26. The Labute approximate surface area is 156 Å². The first-order valence-corrected chi connectivity index (χ1v) is 8.63. The Hall–Kier alpha value is -2.99. The maximum atomic E-state index is 13.8. The highest BCUT2D eigenvalue weighted by atomic mass is 19.1. The van der Waals surface area contributed by atoms with E-state index in [0.717, 1.165) is 0 Å². The third-order valence-electron chi connectivity index (χ3n) is 4.50. The Morgan fingerprint density at radius 1 is 1.15 bits per heavy atom. The highest BCUT2D eigenvalue weighted by Gasteiger charge is 2.45. The molecule has 1 N–H and O–H groups in total. The standard InChI is InChI=1S/C21H20FNO4/c1-27-12-6-11-23-18(15-9-5-10-16(22)13-15)17(20(25)21(23)26)19(24)14-7-3-2-4-8-14/h2-5,7-10,13,18,24H,6,11-12H2,1H3/b19-17-. The molecule has 0 radical (unpaired) electrons. The van der Waals surface area contributed by atoms with Gasteiger partial charge in [-0.15, -0.1) is 0 Å². The summed E-state index contributed by atoms with van der Waals surface area (Å²) in [4.78, 5) is 26.7. The summed E-state index contributed by atoms with van der Waals surface area (Å²) >= 11 is 0. The van der Waals surface area contributed by atoms with Gasteiger partial charge in [0.25, 0.3) is 11.7 Å². The van der Waals surface area contributed by atoms with Crippen molar-refractivity contribution in [3.63, 3.8) is 0 Å². The van der Waals surface area contributed by atoms with E-state index in [0.29, 0.717) is 24.2 Å². The summed E-state index contributed by atoms with van der Waals surface area (Å²) in [6.45, 7) is 0.669. The van der Waals surface area contributed by atoms with E-state index in [2.05, 4.69) is 0 Å². The Bertz CT molecular complexity index is 879. The van der Waals surface area contributed by atoms with Crippen LogP contribution in [0.25, 0.3) is 5.76 Å². The summed E-state index contributed by atoms with van der Waals surface area (Å²) in [6, 6.07) is 13.4. The van der Waals surface area contributed by atoms with Crippen molar-refractivity contribution in [3.05, 3.63) is 77.1 Å². The van der Waals surface area contributed by atoms with Gasteiger partial charge in [0.05, 0.1) is 11.6 Å². The van der Waals surface area contributed by atoms with Crippen molar-refractivity contribution in [3.8, 4) is 0 Å². The minimum Gasteiger partial charge on any atom is -0.507 e. The van der Waals surface area contributed by atoms with Crippen LogP contribution in [0.1, 0.15) is 23.6 Å². The van der Waals surface area contributed by atoms with Crippen LogP contribution in [0.3, 0.4) is 0 Å². The van der Waals surface area contributed by atoms with Gasteiger partial charge in [-0.25, -0.2) is 4.39 Å². The zero-order valence-corrected chi connectivity index (χ0v) is 14.9. The molecule has 1 saturated heterocycles. The molecule has 2 aromatic carbocycles. The number of benzene rings is 2. The number of hydrogen-bond donors (Lipinski definition) is 1. The summed E-state index contributed by atoms with van der Waals surface area (Å²) in [5, 5.41) is 10.8. The van der Waals surface area contributed by atoms with E-state index < -0.39 is 23.5 Å². The van der Waals surface area contributed by atoms with E-state index in [1.54, 1.807) is 43.5 Å². The van der Waals surface area contributed by atoms with Gasteiger partial charge in [-0.3, -0.25) is 9.59 Å². The minimum absolute atomic E-state index is 0.0331. The van der Waals surface area contributed by atoms with Gasteiger partial charge in [-0.05, 0) is 24.1 Å². The van der Waals surface area contributed by atoms with Crippen LogP contribution in [0.15, 0.2) is 60.2 Å². The normalized spacial score (nSPS) is 18.9. The van der Waals surface area contributed by atoms with Crippen LogP contribution in [-0.2, 0) is 14.3 Å². The van der Waals surface area contributed by atoms with Crippen molar-refractivity contribution >= 4 is 17.4 Å². The number of likely N-dealkylation sites (tertiary alicyclic amines) is 1. The van der Waals surface area contributed by atoms with Crippen LogP contribution in [0.2, 0.25) is 0 Å². The third-order valence-corrected chi connectivity index (χ3v) is 4.50. The fourth-order valence-corrected chi connectivity index (χ4v) is 3.26. The smallest absolute Gasteiger partial charge is 0.295 e. The van der Waals surface area contributed by atoms with Gasteiger partial charge >= 0.3 is 0 Å². The third kappa shape index (κ3) is 3.75. The van der Waals surface area contributed by atoms with Gasteiger partial charge in [-0.1, -0.05) is 42.5 Å². The van der Waals surface area contributed by atoms with E-state index in [-0.39, 0.29) is 17.9 Å². The van der Waals surface area contributed by atoms with E-state index >= 15 is 0 Å². The fraction of sp³-hybridized carbons (Fsp3) is 0.238. The molecule has 1 amide bonds. The van der Waals surface area contributed by atoms with Crippen molar-refractivity contribution in [2.45, 2.75) is 12.5 Å². The quantitative estimate of drug-likeness (QED) is 0.367. The lowest BCUT2D eigenvalue weighted by Crippen LogP contribution is -2.31. The number of ether oxygens (including phenoxy) is 1. The molecule has 1 aliphatic heterocycles. The van der Waals surface area contributed by atoms with Crippen molar-refractivity contribution in [2.75, 3.05) is 20.3 Å². The first-order chi connectivity index (χ1) is 13.0. The number of carbonyl (C=O) groups is 2. The molecule has 2 aromatic rings. The molecule has 1 fully saturated rings. The Balaban J connectivity index is 2.12. The summed E-state index contributed by atoms with van der Waals surface area (Å²) < 4.78 is 18.8. The molecule has 3 rings (SSSR count). The molecule has 5 nitrogen and oxygen atoms in total. The highest BCUT2D eigenvalue weighted by molar-refractivity contribution is 6.46. The molecular formula is C21H20FNO4. The van der Waals surface area contributed by atoms with Gasteiger partial charge in [0.1, 0.15) is 11.6 Å². The molecule has 6 heteroatoms. The van der Waals surface area contributed by atoms with Gasteiger partial charge in [0.15, 0.2) is 0 Å². The Morgan fingerprint density at radius 3 is 2.56 bits per heavy atom. The molecule has 27 heavy (non-hydrogen) atoms. The topological polar surface area (TPSA) is 66.8 Å². The number of carbonyl (C=O) groups excluding carboxylic acids is 2. The highest BCUT2D eigenvalue weighted by Crippen LogP contribution is 2.39. The first kappa shape index (κ1) is 18.8. The molecule has 0 bridgehead atoms. The van der Waals surface area contributed by atoms with Gasteiger partial charge in [0.2, 0.25) is 0 Å². The average Bonchev–Trinajstić information content (AvgIpc) is 2.93. The zero-order valence-electron chi connectivity index (χ0n) is 14.9. The Kier molecular flexibility index (Phi) is 5.66. The number of amides is 1. The van der Waals surface area contributed by atoms with Crippen LogP contribution in [-0.4, -0.2) is 42.0 Å². The molecule has 0 spiro atoms. The van der Waals surface area contributed by atoms with Gasteiger partial charge in [-0.2, -0.15) is 0 Å². The fourth-order valence-electron chi connectivity index (χ4n) is 3.26. The molecule has 1 heterocycles. The van der Waals surface area contributed by atoms with Crippen LogP contribution in [0, 0.1) is 5.82 Å². The van der Waals surface area contributed by atoms with Gasteiger partial charge < -0.3 is 14.7 Å². The molecule has 0 aliphatic carbocycles. The predicted octanol–water partition coefficient (Wildman–Crippen LogP) is 3.28. The molecule has 140 valence electrons. The van der Waals surface area contributed by atoms with E-state index in [1.807, 2.05) is 0 Å². The van der Waals surface area contributed by atoms with E-state index in [9.17, 15) is 19.1 Å². The van der Waals surface area contributed by atoms with Crippen molar-refractivity contribution in [2.24, 2.45) is 0 Å². The summed E-state index contributed by atoms with van der Waals surface area (Å²) in [7, 11) is 1.55. The number of methoxy groups -OCH3 is 1. The van der Waals surface area contributed by atoms with E-state index in [4.69, 9.17) is 4.74 Å². The molecule has 1 atom stereocenters. The first-order valence-electron chi connectivity index (χ1n) is 8.63. The largest absolute Gasteiger partial charge is 0.507 e. The zero-order chi connectivity index (χ0) is 19.4. The average molecular weight is 369 g/mol. The lowest BCUT2D eigenvalue weighted by Gasteiger charge is -2.25. The number of aliphatic hydroxyl groups is 1. The number of halogens is 1. The number of aliphatic hydroxyl groups excluding tert-OH is 1.